The van der Waals surface area contributed by atoms with Gasteiger partial charge in [-0.05, 0) is 73.4 Å². The van der Waals surface area contributed by atoms with Crippen molar-refractivity contribution >= 4 is 0 Å². The van der Waals surface area contributed by atoms with Crippen molar-refractivity contribution in [1.29, 1.82) is 0 Å². The quantitative estimate of drug-likeness (QED) is 0.169. The SMILES string of the molecule is C=CCCCCCCOc1ccc(-c2ncc(-c3ccc(CCC[C@@H](C)CC)cc3)cn2)cc1. The Balaban J connectivity index is 1.48. The van der Waals surface area contributed by atoms with Crippen LogP contribution in [0.4, 0.5) is 0 Å². The Hall–Kier alpha value is -2.94. The fraction of sp³-hybridized carbons (Fsp3) is 0.419. The minimum Gasteiger partial charge on any atom is -0.494 e. The summed E-state index contributed by atoms with van der Waals surface area (Å²) in [5, 5.41) is 0. The van der Waals surface area contributed by atoms with Crippen LogP contribution in [0.25, 0.3) is 22.5 Å². The number of benzene rings is 2. The van der Waals surface area contributed by atoms with Gasteiger partial charge in [-0.25, -0.2) is 9.97 Å². The second-order valence-electron chi connectivity index (χ2n) is 9.26. The number of hydrogen-bond acceptors (Lipinski definition) is 3. The van der Waals surface area contributed by atoms with Gasteiger partial charge in [-0.3, -0.25) is 0 Å². The number of allylic oxidation sites excluding steroid dienone is 1. The molecule has 0 radical (unpaired) electrons. The molecule has 0 N–H and O–H groups in total. The Morgan fingerprint density at radius 1 is 0.824 bits per heavy atom. The first-order chi connectivity index (χ1) is 16.7. The summed E-state index contributed by atoms with van der Waals surface area (Å²) >= 11 is 0. The second kappa shape index (κ2) is 14.3. The van der Waals surface area contributed by atoms with Gasteiger partial charge in [0, 0.05) is 23.5 Å². The van der Waals surface area contributed by atoms with Gasteiger partial charge in [-0.2, -0.15) is 0 Å². The maximum atomic E-state index is 5.87. The molecule has 3 nitrogen and oxygen atoms in total. The van der Waals surface area contributed by atoms with Crippen LogP contribution in [0.5, 0.6) is 5.75 Å². The van der Waals surface area contributed by atoms with Crippen molar-refractivity contribution < 1.29 is 4.74 Å². The highest BCUT2D eigenvalue weighted by atomic mass is 16.5. The molecular weight excluding hydrogens is 416 g/mol. The third-order valence-electron chi connectivity index (χ3n) is 6.48. The number of nitrogens with zero attached hydrogens (tertiary/aromatic N) is 2. The normalized spacial score (nSPS) is 11.8. The first kappa shape index (κ1) is 25.7. The number of aryl methyl sites for hydroxylation is 1. The summed E-state index contributed by atoms with van der Waals surface area (Å²) < 4.78 is 5.87. The highest BCUT2D eigenvalue weighted by Crippen LogP contribution is 2.23. The zero-order valence-electron chi connectivity index (χ0n) is 21.0. The predicted octanol–water partition coefficient (Wildman–Crippen LogP) is 8.69. The summed E-state index contributed by atoms with van der Waals surface area (Å²) in [6.45, 7) is 9.13. The van der Waals surface area contributed by atoms with Gasteiger partial charge in [0.2, 0.25) is 0 Å². The summed E-state index contributed by atoms with van der Waals surface area (Å²) in [7, 11) is 0. The minimum atomic E-state index is 0.735. The van der Waals surface area contributed by atoms with E-state index in [0.717, 1.165) is 60.1 Å². The summed E-state index contributed by atoms with van der Waals surface area (Å²) in [5.74, 6) is 2.45. The van der Waals surface area contributed by atoms with E-state index in [4.69, 9.17) is 4.74 Å². The molecule has 0 saturated carbocycles. The van der Waals surface area contributed by atoms with E-state index in [1.165, 1.54) is 44.1 Å². The van der Waals surface area contributed by atoms with Crippen LogP contribution in [0.2, 0.25) is 0 Å². The van der Waals surface area contributed by atoms with Crippen molar-refractivity contribution in [3.63, 3.8) is 0 Å². The highest BCUT2D eigenvalue weighted by molar-refractivity contribution is 5.64. The lowest BCUT2D eigenvalue weighted by atomic mass is 9.98. The van der Waals surface area contributed by atoms with Crippen molar-refractivity contribution in [3.8, 4) is 28.3 Å². The molecular formula is C31H40N2O. The van der Waals surface area contributed by atoms with Crippen LogP contribution < -0.4 is 4.74 Å². The predicted molar refractivity (Wildman–Crippen MR) is 144 cm³/mol. The third kappa shape index (κ3) is 8.44. The van der Waals surface area contributed by atoms with Gasteiger partial charge in [-0.15, -0.1) is 6.58 Å². The van der Waals surface area contributed by atoms with Gasteiger partial charge in [-0.1, -0.05) is 69.9 Å². The molecule has 0 saturated heterocycles. The Kier molecular flexibility index (Phi) is 10.8. The fourth-order valence-electron chi connectivity index (χ4n) is 3.98. The minimum absolute atomic E-state index is 0.735. The molecule has 0 bridgehead atoms. The Morgan fingerprint density at radius 3 is 2.18 bits per heavy atom. The van der Waals surface area contributed by atoms with Gasteiger partial charge in [0.1, 0.15) is 5.75 Å². The lowest BCUT2D eigenvalue weighted by Crippen LogP contribution is -1.97. The summed E-state index contributed by atoms with van der Waals surface area (Å²) in [6, 6.07) is 16.9. The largest absolute Gasteiger partial charge is 0.494 e. The van der Waals surface area contributed by atoms with Crippen molar-refractivity contribution in [3.05, 3.63) is 79.1 Å². The molecule has 3 heteroatoms. The maximum absolute atomic E-state index is 5.87. The fourth-order valence-corrected chi connectivity index (χ4v) is 3.98. The summed E-state index contributed by atoms with van der Waals surface area (Å²) in [4.78, 5) is 9.22. The molecule has 3 rings (SSSR count). The molecule has 1 heterocycles. The lowest BCUT2D eigenvalue weighted by Gasteiger charge is -2.09. The molecule has 1 aromatic heterocycles. The molecule has 0 fully saturated rings. The molecule has 0 aliphatic heterocycles. The number of hydrogen-bond donors (Lipinski definition) is 0. The zero-order valence-corrected chi connectivity index (χ0v) is 21.0. The smallest absolute Gasteiger partial charge is 0.159 e. The topological polar surface area (TPSA) is 35.0 Å². The van der Waals surface area contributed by atoms with Gasteiger partial charge < -0.3 is 4.74 Å². The highest BCUT2D eigenvalue weighted by Gasteiger charge is 2.05. The van der Waals surface area contributed by atoms with Crippen LogP contribution >= 0.6 is 0 Å². The molecule has 0 unspecified atom stereocenters. The van der Waals surface area contributed by atoms with E-state index >= 15 is 0 Å². The Labute approximate surface area is 206 Å². The van der Waals surface area contributed by atoms with Crippen LogP contribution in [-0.2, 0) is 6.42 Å². The zero-order chi connectivity index (χ0) is 24.0. The van der Waals surface area contributed by atoms with E-state index in [0.29, 0.717) is 0 Å². The molecule has 0 aliphatic rings. The van der Waals surface area contributed by atoms with Crippen LogP contribution in [0.3, 0.4) is 0 Å². The average molecular weight is 457 g/mol. The first-order valence-electron chi connectivity index (χ1n) is 12.9. The average Bonchev–Trinajstić information content (AvgIpc) is 2.89. The van der Waals surface area contributed by atoms with Gasteiger partial charge in [0.15, 0.2) is 5.82 Å². The Bertz CT molecular complexity index is 962. The molecule has 1 atom stereocenters. The molecule has 2 aromatic carbocycles. The van der Waals surface area contributed by atoms with E-state index in [1.807, 2.05) is 42.7 Å². The van der Waals surface area contributed by atoms with Crippen molar-refractivity contribution in [2.75, 3.05) is 6.61 Å². The molecule has 3 aromatic rings. The van der Waals surface area contributed by atoms with Crippen molar-refractivity contribution in [2.24, 2.45) is 5.92 Å². The molecule has 0 amide bonds. The van der Waals surface area contributed by atoms with E-state index < -0.39 is 0 Å². The summed E-state index contributed by atoms with van der Waals surface area (Å²) in [5.41, 5.74) is 4.60. The van der Waals surface area contributed by atoms with Gasteiger partial charge in [0.05, 0.1) is 6.61 Å². The molecule has 0 spiro atoms. The van der Waals surface area contributed by atoms with E-state index in [9.17, 15) is 0 Å². The van der Waals surface area contributed by atoms with Crippen LogP contribution in [0, 0.1) is 5.92 Å². The van der Waals surface area contributed by atoms with E-state index in [1.54, 1.807) is 0 Å². The number of unbranched alkanes of at least 4 members (excludes halogenated alkanes) is 4. The van der Waals surface area contributed by atoms with Crippen LogP contribution in [-0.4, -0.2) is 16.6 Å². The monoisotopic (exact) mass is 456 g/mol. The van der Waals surface area contributed by atoms with E-state index in [-0.39, 0.29) is 0 Å². The lowest BCUT2D eigenvalue weighted by molar-refractivity contribution is 0.305. The van der Waals surface area contributed by atoms with Crippen molar-refractivity contribution in [2.45, 2.75) is 71.6 Å². The molecule has 180 valence electrons. The second-order valence-corrected chi connectivity index (χ2v) is 9.26. The Morgan fingerprint density at radius 2 is 1.50 bits per heavy atom. The standard InChI is InChI=1S/C31H40N2O/c1-4-6-7-8-9-10-22-34-30-20-18-28(19-21-30)31-32-23-29(24-33-31)27-16-14-26(15-17-27)13-11-12-25(3)5-2/h4,14-21,23-25H,1,5-13,22H2,2-3H3/t25-/m0/s1. The maximum Gasteiger partial charge on any atom is 0.159 e. The molecule has 34 heavy (non-hydrogen) atoms. The van der Waals surface area contributed by atoms with Gasteiger partial charge in [0.25, 0.3) is 0 Å². The number of ether oxygens (including phenoxy) is 1. The van der Waals surface area contributed by atoms with Crippen LogP contribution in [0.1, 0.15) is 70.8 Å². The van der Waals surface area contributed by atoms with Crippen LogP contribution in [0.15, 0.2) is 73.6 Å². The summed E-state index contributed by atoms with van der Waals surface area (Å²) in [6.07, 6.45) is 16.6. The molecule has 0 aliphatic carbocycles. The first-order valence-corrected chi connectivity index (χ1v) is 12.9. The third-order valence-corrected chi connectivity index (χ3v) is 6.48. The van der Waals surface area contributed by atoms with E-state index in [2.05, 4.69) is 54.7 Å². The number of rotatable bonds is 15. The number of aromatic nitrogens is 2. The van der Waals surface area contributed by atoms with Gasteiger partial charge >= 0.3 is 0 Å². The van der Waals surface area contributed by atoms with Crippen molar-refractivity contribution in [1.82, 2.24) is 9.97 Å².